The Morgan fingerprint density at radius 3 is 3.00 bits per heavy atom. The van der Waals surface area contributed by atoms with Crippen molar-refractivity contribution < 1.29 is 9.53 Å². The summed E-state index contributed by atoms with van der Waals surface area (Å²) in [5.74, 6) is 0.639. The van der Waals surface area contributed by atoms with Gasteiger partial charge in [0.15, 0.2) is 0 Å². The van der Waals surface area contributed by atoms with Crippen molar-refractivity contribution >= 4 is 5.91 Å². The van der Waals surface area contributed by atoms with Crippen LogP contribution in [0.4, 0.5) is 0 Å². The molecule has 15 heavy (non-hydrogen) atoms. The Morgan fingerprint density at radius 2 is 2.33 bits per heavy atom. The largest absolute Gasteiger partial charge is 0.378 e. The molecule has 0 bridgehead atoms. The number of ether oxygens (including phenoxy) is 1. The van der Waals surface area contributed by atoms with Crippen LogP contribution < -0.4 is 10.6 Å². The summed E-state index contributed by atoms with van der Waals surface area (Å²) in [4.78, 5) is 11.4. The second-order valence-corrected chi connectivity index (χ2v) is 4.02. The molecule has 2 atom stereocenters. The SMILES string of the molecule is CCC1OCCC1CNC(=O)CCNC. The topological polar surface area (TPSA) is 50.4 Å². The third kappa shape index (κ3) is 4.18. The number of hydrogen-bond donors (Lipinski definition) is 2. The quantitative estimate of drug-likeness (QED) is 0.678. The minimum atomic E-state index is 0.131. The Kier molecular flexibility index (Phi) is 5.65. The van der Waals surface area contributed by atoms with E-state index in [1.807, 2.05) is 7.05 Å². The average Bonchev–Trinajstić information content (AvgIpc) is 2.70. The second-order valence-electron chi connectivity index (χ2n) is 4.02. The van der Waals surface area contributed by atoms with Gasteiger partial charge in [-0.2, -0.15) is 0 Å². The fourth-order valence-corrected chi connectivity index (χ4v) is 1.95. The molecular weight excluding hydrogens is 192 g/mol. The van der Waals surface area contributed by atoms with Crippen LogP contribution in [0.2, 0.25) is 0 Å². The molecule has 2 unspecified atom stereocenters. The van der Waals surface area contributed by atoms with Gasteiger partial charge in [-0.25, -0.2) is 0 Å². The van der Waals surface area contributed by atoms with Crippen LogP contribution in [0.15, 0.2) is 0 Å². The van der Waals surface area contributed by atoms with E-state index in [4.69, 9.17) is 4.74 Å². The molecule has 0 aromatic carbocycles. The minimum absolute atomic E-state index is 0.131. The fourth-order valence-electron chi connectivity index (χ4n) is 1.95. The molecule has 1 saturated heterocycles. The van der Waals surface area contributed by atoms with Gasteiger partial charge in [0.2, 0.25) is 5.91 Å². The van der Waals surface area contributed by atoms with Crippen molar-refractivity contribution in [2.24, 2.45) is 5.92 Å². The van der Waals surface area contributed by atoms with Gasteiger partial charge in [0, 0.05) is 32.0 Å². The van der Waals surface area contributed by atoms with Crippen molar-refractivity contribution in [2.45, 2.75) is 32.3 Å². The van der Waals surface area contributed by atoms with E-state index in [0.717, 1.165) is 32.5 Å². The zero-order chi connectivity index (χ0) is 11.1. The van der Waals surface area contributed by atoms with Crippen LogP contribution in [0.1, 0.15) is 26.2 Å². The van der Waals surface area contributed by atoms with Gasteiger partial charge >= 0.3 is 0 Å². The van der Waals surface area contributed by atoms with E-state index >= 15 is 0 Å². The lowest BCUT2D eigenvalue weighted by atomic mass is 10.00. The normalized spacial score (nSPS) is 25.5. The highest BCUT2D eigenvalue weighted by Gasteiger charge is 2.26. The van der Waals surface area contributed by atoms with Gasteiger partial charge in [-0.1, -0.05) is 6.92 Å². The third-order valence-corrected chi connectivity index (χ3v) is 2.91. The lowest BCUT2D eigenvalue weighted by Crippen LogP contribution is -2.33. The molecule has 0 aliphatic carbocycles. The highest BCUT2D eigenvalue weighted by molar-refractivity contribution is 5.76. The summed E-state index contributed by atoms with van der Waals surface area (Å²) in [6.45, 7) is 4.48. The average molecular weight is 214 g/mol. The van der Waals surface area contributed by atoms with E-state index < -0.39 is 0 Å². The van der Waals surface area contributed by atoms with Crippen LogP contribution >= 0.6 is 0 Å². The van der Waals surface area contributed by atoms with Gasteiger partial charge in [-0.05, 0) is 19.9 Å². The first-order valence-corrected chi connectivity index (χ1v) is 5.80. The van der Waals surface area contributed by atoms with Crippen molar-refractivity contribution in [1.29, 1.82) is 0 Å². The smallest absolute Gasteiger partial charge is 0.221 e. The minimum Gasteiger partial charge on any atom is -0.378 e. The molecule has 0 aromatic heterocycles. The Hall–Kier alpha value is -0.610. The number of hydrogen-bond acceptors (Lipinski definition) is 3. The van der Waals surface area contributed by atoms with Gasteiger partial charge in [-0.3, -0.25) is 4.79 Å². The molecule has 1 aliphatic rings. The molecule has 1 heterocycles. The Morgan fingerprint density at radius 1 is 1.53 bits per heavy atom. The van der Waals surface area contributed by atoms with Crippen LogP contribution in [-0.4, -0.2) is 38.8 Å². The van der Waals surface area contributed by atoms with Gasteiger partial charge in [0.25, 0.3) is 0 Å². The van der Waals surface area contributed by atoms with E-state index in [9.17, 15) is 4.79 Å². The van der Waals surface area contributed by atoms with Crippen LogP contribution in [0, 0.1) is 5.92 Å². The monoisotopic (exact) mass is 214 g/mol. The molecule has 0 saturated carbocycles. The van der Waals surface area contributed by atoms with Crippen LogP contribution in [0.5, 0.6) is 0 Å². The first kappa shape index (κ1) is 12.5. The molecule has 88 valence electrons. The fraction of sp³-hybridized carbons (Fsp3) is 0.909. The summed E-state index contributed by atoms with van der Waals surface area (Å²) in [6.07, 6.45) is 3.01. The molecule has 2 N–H and O–H groups in total. The predicted octanol–water partition coefficient (Wildman–Crippen LogP) is 0.527. The van der Waals surface area contributed by atoms with Crippen LogP contribution in [-0.2, 0) is 9.53 Å². The Balaban J connectivity index is 2.15. The Labute approximate surface area is 91.8 Å². The van der Waals surface area contributed by atoms with E-state index in [2.05, 4.69) is 17.6 Å². The summed E-state index contributed by atoms with van der Waals surface area (Å²) in [5.41, 5.74) is 0. The van der Waals surface area contributed by atoms with Crippen molar-refractivity contribution in [2.75, 3.05) is 26.7 Å². The van der Waals surface area contributed by atoms with Crippen LogP contribution in [0.3, 0.4) is 0 Å². The maximum atomic E-state index is 11.4. The van der Waals surface area contributed by atoms with Gasteiger partial charge in [-0.15, -0.1) is 0 Å². The highest BCUT2D eigenvalue weighted by atomic mass is 16.5. The number of rotatable bonds is 6. The van der Waals surface area contributed by atoms with Crippen molar-refractivity contribution in [3.8, 4) is 0 Å². The number of amides is 1. The number of nitrogens with one attached hydrogen (secondary N) is 2. The summed E-state index contributed by atoms with van der Waals surface area (Å²) in [6, 6.07) is 0. The van der Waals surface area contributed by atoms with Crippen molar-refractivity contribution in [1.82, 2.24) is 10.6 Å². The summed E-state index contributed by atoms with van der Waals surface area (Å²) >= 11 is 0. The summed E-state index contributed by atoms with van der Waals surface area (Å²) in [5, 5.41) is 5.93. The highest BCUT2D eigenvalue weighted by Crippen LogP contribution is 2.22. The molecule has 0 spiro atoms. The predicted molar refractivity (Wildman–Crippen MR) is 59.7 cm³/mol. The molecule has 0 aromatic rings. The molecule has 1 rings (SSSR count). The maximum Gasteiger partial charge on any atom is 0.221 e. The maximum absolute atomic E-state index is 11.4. The first-order valence-electron chi connectivity index (χ1n) is 5.80. The van der Waals surface area contributed by atoms with E-state index in [-0.39, 0.29) is 5.91 Å². The lowest BCUT2D eigenvalue weighted by molar-refractivity contribution is -0.121. The lowest BCUT2D eigenvalue weighted by Gasteiger charge is -2.17. The standard InChI is InChI=1S/C11H22N2O2/c1-3-10-9(5-7-15-10)8-13-11(14)4-6-12-2/h9-10,12H,3-8H2,1-2H3,(H,13,14). The Bertz CT molecular complexity index is 197. The molecule has 1 aliphatic heterocycles. The zero-order valence-electron chi connectivity index (χ0n) is 9.71. The van der Waals surface area contributed by atoms with Crippen molar-refractivity contribution in [3.63, 3.8) is 0 Å². The molecule has 1 amide bonds. The van der Waals surface area contributed by atoms with E-state index in [0.29, 0.717) is 18.4 Å². The molecule has 4 heteroatoms. The van der Waals surface area contributed by atoms with Crippen LogP contribution in [0.25, 0.3) is 0 Å². The van der Waals surface area contributed by atoms with Gasteiger partial charge < -0.3 is 15.4 Å². The first-order chi connectivity index (χ1) is 7.27. The van der Waals surface area contributed by atoms with Gasteiger partial charge in [0.1, 0.15) is 0 Å². The third-order valence-electron chi connectivity index (χ3n) is 2.91. The number of carbonyl (C=O) groups excluding carboxylic acids is 1. The van der Waals surface area contributed by atoms with Gasteiger partial charge in [0.05, 0.1) is 6.10 Å². The van der Waals surface area contributed by atoms with Crippen molar-refractivity contribution in [3.05, 3.63) is 0 Å². The molecule has 1 fully saturated rings. The zero-order valence-corrected chi connectivity index (χ0v) is 9.71. The number of carbonyl (C=O) groups is 1. The summed E-state index contributed by atoms with van der Waals surface area (Å²) < 4.78 is 5.56. The van der Waals surface area contributed by atoms with E-state index in [1.165, 1.54) is 0 Å². The van der Waals surface area contributed by atoms with E-state index in [1.54, 1.807) is 0 Å². The molecule has 0 radical (unpaired) electrons. The summed E-state index contributed by atoms with van der Waals surface area (Å²) in [7, 11) is 1.85. The molecule has 4 nitrogen and oxygen atoms in total. The molecular formula is C11H22N2O2. The second kappa shape index (κ2) is 6.80.